The van der Waals surface area contributed by atoms with E-state index in [0.717, 1.165) is 19.3 Å². The molecule has 27 heavy (non-hydrogen) atoms. The number of hydrogen-bond acceptors (Lipinski definition) is 6. The summed E-state index contributed by atoms with van der Waals surface area (Å²) in [5, 5.41) is 13.9. The summed E-state index contributed by atoms with van der Waals surface area (Å²) in [4.78, 5) is 36.5. The Hall–Kier alpha value is -2.64. The Morgan fingerprint density at radius 3 is 2.63 bits per heavy atom. The minimum atomic E-state index is -0.394. The van der Waals surface area contributed by atoms with Gasteiger partial charge in [0.15, 0.2) is 6.61 Å². The van der Waals surface area contributed by atoms with Gasteiger partial charge in [-0.05, 0) is 25.3 Å². The number of nitrogens with one attached hydrogen (secondary N) is 1. The second-order valence-electron chi connectivity index (χ2n) is 6.67. The van der Waals surface area contributed by atoms with Crippen molar-refractivity contribution in [2.24, 2.45) is 5.92 Å². The van der Waals surface area contributed by atoms with E-state index in [9.17, 15) is 19.7 Å². The van der Waals surface area contributed by atoms with Crippen molar-refractivity contribution in [3.8, 4) is 0 Å². The highest BCUT2D eigenvalue weighted by molar-refractivity contribution is 5.81. The highest BCUT2D eigenvalue weighted by Crippen LogP contribution is 2.31. The van der Waals surface area contributed by atoms with Crippen molar-refractivity contribution in [1.29, 1.82) is 0 Å². The number of esters is 1. The molecule has 1 aliphatic heterocycles. The monoisotopic (exact) mass is 377 g/mol. The van der Waals surface area contributed by atoms with Crippen LogP contribution >= 0.6 is 0 Å². The molecule has 8 heteroatoms. The number of rotatable bonds is 9. The second-order valence-corrected chi connectivity index (χ2v) is 6.67. The van der Waals surface area contributed by atoms with E-state index in [0.29, 0.717) is 38.2 Å². The third-order valence-electron chi connectivity index (χ3n) is 4.70. The first-order valence-electron chi connectivity index (χ1n) is 9.44. The molecule has 1 amide bonds. The van der Waals surface area contributed by atoms with Gasteiger partial charge in [-0.2, -0.15) is 0 Å². The van der Waals surface area contributed by atoms with Crippen molar-refractivity contribution in [2.75, 3.05) is 31.1 Å². The third-order valence-corrected chi connectivity index (χ3v) is 4.70. The van der Waals surface area contributed by atoms with E-state index >= 15 is 0 Å². The van der Waals surface area contributed by atoms with Gasteiger partial charge in [0.05, 0.1) is 10.8 Å². The summed E-state index contributed by atoms with van der Waals surface area (Å²) in [6.45, 7) is 3.50. The molecule has 0 unspecified atom stereocenters. The number of amides is 1. The Balaban J connectivity index is 1.76. The first-order valence-corrected chi connectivity index (χ1v) is 9.44. The number of benzene rings is 1. The summed E-state index contributed by atoms with van der Waals surface area (Å²) in [7, 11) is 0. The molecule has 1 aliphatic rings. The average molecular weight is 377 g/mol. The minimum Gasteiger partial charge on any atom is -0.455 e. The minimum absolute atomic E-state index is 0.0678. The first-order chi connectivity index (χ1) is 13.0. The number of piperidine rings is 1. The van der Waals surface area contributed by atoms with E-state index in [4.69, 9.17) is 4.74 Å². The molecule has 0 spiro atoms. The van der Waals surface area contributed by atoms with Gasteiger partial charge in [-0.25, -0.2) is 0 Å². The fourth-order valence-corrected chi connectivity index (χ4v) is 3.15. The van der Waals surface area contributed by atoms with E-state index in [1.165, 1.54) is 6.07 Å². The molecule has 0 radical (unpaired) electrons. The lowest BCUT2D eigenvalue weighted by atomic mass is 9.96. The molecule has 0 bridgehead atoms. The van der Waals surface area contributed by atoms with E-state index in [1.54, 1.807) is 18.2 Å². The van der Waals surface area contributed by atoms with Gasteiger partial charge in [0, 0.05) is 25.7 Å². The van der Waals surface area contributed by atoms with Crippen molar-refractivity contribution in [3.05, 3.63) is 34.4 Å². The molecule has 2 rings (SSSR count). The van der Waals surface area contributed by atoms with Crippen molar-refractivity contribution in [2.45, 2.75) is 39.0 Å². The fourth-order valence-electron chi connectivity index (χ4n) is 3.15. The number of para-hydroxylation sites is 2. The molecule has 8 nitrogen and oxygen atoms in total. The van der Waals surface area contributed by atoms with Gasteiger partial charge in [0.1, 0.15) is 5.69 Å². The van der Waals surface area contributed by atoms with Crippen LogP contribution in [0.5, 0.6) is 0 Å². The maximum atomic E-state index is 12.2. The van der Waals surface area contributed by atoms with Crippen molar-refractivity contribution in [3.63, 3.8) is 0 Å². The van der Waals surface area contributed by atoms with Crippen LogP contribution in [0.1, 0.15) is 39.0 Å². The largest absolute Gasteiger partial charge is 0.455 e. The predicted octanol–water partition coefficient (Wildman–Crippen LogP) is 2.66. The summed E-state index contributed by atoms with van der Waals surface area (Å²) < 4.78 is 5.13. The Bertz CT molecular complexity index is 657. The summed E-state index contributed by atoms with van der Waals surface area (Å²) >= 11 is 0. The van der Waals surface area contributed by atoms with Crippen LogP contribution in [0.25, 0.3) is 0 Å². The Morgan fingerprint density at radius 2 is 1.96 bits per heavy atom. The van der Waals surface area contributed by atoms with Crippen LogP contribution in [0.2, 0.25) is 0 Å². The molecule has 0 saturated carbocycles. The van der Waals surface area contributed by atoms with E-state index in [2.05, 4.69) is 12.2 Å². The van der Waals surface area contributed by atoms with Crippen LogP contribution in [-0.2, 0) is 14.3 Å². The van der Waals surface area contributed by atoms with E-state index < -0.39 is 4.92 Å². The topological polar surface area (TPSA) is 102 Å². The predicted molar refractivity (Wildman–Crippen MR) is 102 cm³/mol. The number of carbonyl (C=O) groups is 2. The van der Waals surface area contributed by atoms with Crippen LogP contribution in [0.3, 0.4) is 0 Å². The van der Waals surface area contributed by atoms with Crippen molar-refractivity contribution in [1.82, 2.24) is 5.32 Å². The summed E-state index contributed by atoms with van der Waals surface area (Å²) in [6, 6.07) is 6.61. The standard InChI is InChI=1S/C19H27N3O5/c1-2-3-6-11-20-18(23)14-27-19(24)15-9-12-21(13-10-15)16-7-4-5-8-17(16)22(25)26/h4-5,7-8,15H,2-3,6,9-14H2,1H3,(H,20,23). The van der Waals surface area contributed by atoms with E-state index in [1.807, 2.05) is 4.90 Å². The Labute approximate surface area is 159 Å². The number of ether oxygens (including phenoxy) is 1. The zero-order chi connectivity index (χ0) is 19.6. The first kappa shape index (κ1) is 20.7. The SMILES string of the molecule is CCCCCNC(=O)COC(=O)C1CCN(c2ccccc2[N+](=O)[O-])CC1. The van der Waals surface area contributed by atoms with Crippen LogP contribution in [0, 0.1) is 16.0 Å². The highest BCUT2D eigenvalue weighted by Gasteiger charge is 2.29. The number of nitro groups is 1. The van der Waals surface area contributed by atoms with E-state index in [-0.39, 0.29) is 30.1 Å². The number of carbonyl (C=O) groups excluding carboxylic acids is 2. The maximum Gasteiger partial charge on any atom is 0.309 e. The third kappa shape index (κ3) is 6.23. The van der Waals surface area contributed by atoms with Gasteiger partial charge in [-0.3, -0.25) is 19.7 Å². The van der Waals surface area contributed by atoms with Gasteiger partial charge in [-0.15, -0.1) is 0 Å². The molecule has 0 atom stereocenters. The molecule has 1 heterocycles. The summed E-state index contributed by atoms with van der Waals surface area (Å²) in [6.07, 6.45) is 4.14. The molecule has 1 aromatic rings. The van der Waals surface area contributed by atoms with Gasteiger partial charge in [-0.1, -0.05) is 31.9 Å². The lowest BCUT2D eigenvalue weighted by Gasteiger charge is -2.32. The quantitative estimate of drug-likeness (QED) is 0.307. The summed E-state index contributed by atoms with van der Waals surface area (Å²) in [5.74, 6) is -0.936. The number of nitrogens with zero attached hydrogens (tertiary/aromatic N) is 2. The van der Waals surface area contributed by atoms with Crippen LogP contribution in [0.4, 0.5) is 11.4 Å². The highest BCUT2D eigenvalue weighted by atomic mass is 16.6. The van der Waals surface area contributed by atoms with Gasteiger partial charge in [0.25, 0.3) is 11.6 Å². The van der Waals surface area contributed by atoms with Crippen LogP contribution < -0.4 is 10.2 Å². The van der Waals surface area contributed by atoms with Crippen LogP contribution in [-0.4, -0.2) is 43.0 Å². The van der Waals surface area contributed by atoms with Crippen LogP contribution in [0.15, 0.2) is 24.3 Å². The molecular formula is C19H27N3O5. The molecular weight excluding hydrogens is 350 g/mol. The molecule has 1 saturated heterocycles. The molecule has 148 valence electrons. The smallest absolute Gasteiger partial charge is 0.309 e. The molecule has 1 N–H and O–H groups in total. The average Bonchev–Trinajstić information content (AvgIpc) is 2.69. The second kappa shape index (κ2) is 10.5. The Morgan fingerprint density at radius 1 is 1.26 bits per heavy atom. The van der Waals surface area contributed by atoms with Gasteiger partial charge < -0.3 is 15.0 Å². The normalized spacial score (nSPS) is 14.6. The Kier molecular flexibility index (Phi) is 8.03. The maximum absolute atomic E-state index is 12.2. The summed E-state index contributed by atoms with van der Waals surface area (Å²) in [5.41, 5.74) is 0.638. The number of unbranched alkanes of at least 4 members (excludes halogenated alkanes) is 2. The van der Waals surface area contributed by atoms with Gasteiger partial charge >= 0.3 is 5.97 Å². The lowest BCUT2D eigenvalue weighted by molar-refractivity contribution is -0.384. The zero-order valence-electron chi connectivity index (χ0n) is 15.7. The molecule has 0 aliphatic carbocycles. The van der Waals surface area contributed by atoms with Crippen molar-refractivity contribution < 1.29 is 19.2 Å². The van der Waals surface area contributed by atoms with Gasteiger partial charge in [0.2, 0.25) is 0 Å². The molecule has 0 aromatic heterocycles. The molecule has 1 aromatic carbocycles. The number of anilines is 1. The molecule has 1 fully saturated rings. The zero-order valence-corrected chi connectivity index (χ0v) is 15.7. The lowest BCUT2D eigenvalue weighted by Crippen LogP contribution is -2.38. The fraction of sp³-hybridized carbons (Fsp3) is 0.579. The number of hydrogen-bond donors (Lipinski definition) is 1. The van der Waals surface area contributed by atoms with Crippen molar-refractivity contribution >= 4 is 23.3 Å². The number of nitro benzene ring substituents is 1.